The summed E-state index contributed by atoms with van der Waals surface area (Å²) in [5.74, 6) is -0.555. The molecular weight excluding hydrogens is 368 g/mol. The average molecular weight is 387 g/mol. The van der Waals surface area contributed by atoms with E-state index in [-0.39, 0.29) is 11.6 Å². The standard InChI is InChI=1S/C20H19ClN2O4/c1-3-14-6-4-5-7-18(14)26-12-19(24)27-13(2)20(25)23-16-9-8-15(11-22)17(21)10-16/h4-10,13H,3,12H2,1-2H3,(H,23,25). The number of benzene rings is 2. The van der Waals surface area contributed by atoms with Crippen LogP contribution < -0.4 is 10.1 Å². The maximum absolute atomic E-state index is 12.2. The first-order valence-electron chi connectivity index (χ1n) is 8.35. The van der Waals surface area contributed by atoms with E-state index >= 15 is 0 Å². The van der Waals surface area contributed by atoms with Gasteiger partial charge in [0.05, 0.1) is 10.6 Å². The fraction of sp³-hybridized carbons (Fsp3) is 0.250. The number of anilines is 1. The summed E-state index contributed by atoms with van der Waals surface area (Å²) < 4.78 is 10.6. The second kappa shape index (κ2) is 9.60. The summed E-state index contributed by atoms with van der Waals surface area (Å²) in [6.45, 7) is 3.15. The number of hydrogen-bond donors (Lipinski definition) is 1. The van der Waals surface area contributed by atoms with Crippen LogP contribution in [0.2, 0.25) is 5.02 Å². The monoisotopic (exact) mass is 386 g/mol. The third-order valence-electron chi connectivity index (χ3n) is 3.73. The van der Waals surface area contributed by atoms with Crippen LogP contribution in [0.4, 0.5) is 5.69 Å². The number of nitrogens with zero attached hydrogens (tertiary/aromatic N) is 1. The molecule has 0 bridgehead atoms. The predicted octanol–water partition coefficient (Wildman–Crippen LogP) is 3.72. The summed E-state index contributed by atoms with van der Waals surface area (Å²) >= 11 is 5.93. The number of carbonyl (C=O) groups is 2. The van der Waals surface area contributed by atoms with Crippen molar-refractivity contribution >= 4 is 29.2 Å². The molecule has 0 fully saturated rings. The van der Waals surface area contributed by atoms with E-state index in [4.69, 9.17) is 26.3 Å². The molecule has 2 aromatic rings. The lowest BCUT2D eigenvalue weighted by Gasteiger charge is -2.15. The van der Waals surface area contributed by atoms with Gasteiger partial charge in [-0.1, -0.05) is 36.7 Å². The number of nitrogens with one attached hydrogen (secondary N) is 1. The minimum absolute atomic E-state index is 0.225. The molecule has 1 atom stereocenters. The fourth-order valence-corrected chi connectivity index (χ4v) is 2.51. The number of nitriles is 1. The Morgan fingerprint density at radius 3 is 2.67 bits per heavy atom. The Kier molecular flexibility index (Phi) is 7.21. The van der Waals surface area contributed by atoms with Crippen molar-refractivity contribution in [3.05, 3.63) is 58.6 Å². The van der Waals surface area contributed by atoms with Gasteiger partial charge in [-0.15, -0.1) is 0 Å². The smallest absolute Gasteiger partial charge is 0.344 e. The molecule has 2 aromatic carbocycles. The number of aryl methyl sites for hydroxylation is 1. The highest BCUT2D eigenvalue weighted by atomic mass is 35.5. The van der Waals surface area contributed by atoms with E-state index < -0.39 is 18.0 Å². The molecule has 0 aromatic heterocycles. The number of esters is 1. The molecule has 0 aliphatic carbocycles. The predicted molar refractivity (Wildman–Crippen MR) is 102 cm³/mol. The first kappa shape index (κ1) is 20.3. The summed E-state index contributed by atoms with van der Waals surface area (Å²) in [4.78, 5) is 24.1. The molecule has 0 saturated heterocycles. The molecule has 0 saturated carbocycles. The third-order valence-corrected chi connectivity index (χ3v) is 4.05. The number of ether oxygens (including phenoxy) is 2. The highest BCUT2D eigenvalue weighted by Gasteiger charge is 2.19. The number of carbonyl (C=O) groups excluding carboxylic acids is 2. The second-order valence-electron chi connectivity index (χ2n) is 5.68. The number of para-hydroxylation sites is 1. The van der Waals surface area contributed by atoms with Gasteiger partial charge in [-0.05, 0) is 43.2 Å². The zero-order valence-corrected chi connectivity index (χ0v) is 15.7. The van der Waals surface area contributed by atoms with E-state index in [2.05, 4.69) is 5.32 Å². The molecule has 7 heteroatoms. The van der Waals surface area contributed by atoms with Gasteiger partial charge in [0.15, 0.2) is 12.7 Å². The summed E-state index contributed by atoms with van der Waals surface area (Å²) in [6, 6.07) is 13.8. The number of amides is 1. The van der Waals surface area contributed by atoms with Crippen molar-refractivity contribution in [3.8, 4) is 11.8 Å². The normalized spacial score (nSPS) is 11.2. The molecule has 0 heterocycles. The maximum Gasteiger partial charge on any atom is 0.344 e. The van der Waals surface area contributed by atoms with Crippen molar-refractivity contribution in [2.45, 2.75) is 26.4 Å². The molecule has 0 aliphatic rings. The zero-order chi connectivity index (χ0) is 19.8. The van der Waals surface area contributed by atoms with E-state index in [0.717, 1.165) is 12.0 Å². The van der Waals surface area contributed by atoms with Gasteiger partial charge in [0.25, 0.3) is 5.91 Å². The van der Waals surface area contributed by atoms with Crippen LogP contribution in [0.1, 0.15) is 25.0 Å². The fourth-order valence-electron chi connectivity index (χ4n) is 2.29. The van der Waals surface area contributed by atoms with E-state index in [1.54, 1.807) is 12.1 Å². The molecular formula is C20H19ClN2O4. The molecule has 0 radical (unpaired) electrons. The first-order chi connectivity index (χ1) is 12.9. The van der Waals surface area contributed by atoms with E-state index in [0.29, 0.717) is 17.0 Å². The van der Waals surface area contributed by atoms with Gasteiger partial charge >= 0.3 is 5.97 Å². The van der Waals surface area contributed by atoms with Crippen molar-refractivity contribution in [2.75, 3.05) is 11.9 Å². The summed E-state index contributed by atoms with van der Waals surface area (Å²) in [7, 11) is 0. The Balaban J connectivity index is 1.87. The molecule has 1 unspecified atom stereocenters. The molecule has 140 valence electrons. The SMILES string of the molecule is CCc1ccccc1OCC(=O)OC(C)C(=O)Nc1ccc(C#N)c(Cl)c1. The van der Waals surface area contributed by atoms with Gasteiger partial charge in [0.2, 0.25) is 0 Å². The first-order valence-corrected chi connectivity index (χ1v) is 8.73. The molecule has 0 spiro atoms. The van der Waals surface area contributed by atoms with Gasteiger partial charge in [-0.25, -0.2) is 4.79 Å². The quantitative estimate of drug-likeness (QED) is 0.732. The molecule has 27 heavy (non-hydrogen) atoms. The molecule has 0 aliphatic heterocycles. The summed E-state index contributed by atoms with van der Waals surface area (Å²) in [5, 5.41) is 11.7. The molecule has 1 N–H and O–H groups in total. The maximum atomic E-state index is 12.2. The number of rotatable bonds is 7. The Hall–Kier alpha value is -3.04. The van der Waals surface area contributed by atoms with Gasteiger partial charge in [0, 0.05) is 5.69 Å². The lowest BCUT2D eigenvalue weighted by molar-refractivity contribution is -0.155. The van der Waals surface area contributed by atoms with Crippen molar-refractivity contribution in [2.24, 2.45) is 0 Å². The van der Waals surface area contributed by atoms with Crippen molar-refractivity contribution in [1.29, 1.82) is 5.26 Å². The highest BCUT2D eigenvalue weighted by molar-refractivity contribution is 6.32. The van der Waals surface area contributed by atoms with Gasteiger partial charge < -0.3 is 14.8 Å². The Morgan fingerprint density at radius 1 is 1.26 bits per heavy atom. The van der Waals surface area contributed by atoms with Crippen LogP contribution in [0.25, 0.3) is 0 Å². The van der Waals surface area contributed by atoms with E-state index in [9.17, 15) is 9.59 Å². The molecule has 1 amide bonds. The topological polar surface area (TPSA) is 88.4 Å². The summed E-state index contributed by atoms with van der Waals surface area (Å²) in [6.07, 6.45) is -0.242. The highest BCUT2D eigenvalue weighted by Crippen LogP contribution is 2.21. The largest absolute Gasteiger partial charge is 0.482 e. The average Bonchev–Trinajstić information content (AvgIpc) is 2.66. The van der Waals surface area contributed by atoms with Gasteiger partial charge in [0.1, 0.15) is 11.8 Å². The lowest BCUT2D eigenvalue weighted by Crippen LogP contribution is -2.31. The molecule has 2 rings (SSSR count). The minimum Gasteiger partial charge on any atom is -0.482 e. The Morgan fingerprint density at radius 2 is 2.00 bits per heavy atom. The van der Waals surface area contributed by atoms with E-state index in [1.165, 1.54) is 19.1 Å². The second-order valence-corrected chi connectivity index (χ2v) is 6.08. The van der Waals surface area contributed by atoms with Crippen LogP contribution in [-0.4, -0.2) is 24.6 Å². The van der Waals surface area contributed by atoms with Crippen molar-refractivity contribution < 1.29 is 19.1 Å². The van der Waals surface area contributed by atoms with Crippen LogP contribution in [0, 0.1) is 11.3 Å². The van der Waals surface area contributed by atoms with E-state index in [1.807, 2.05) is 31.2 Å². The van der Waals surface area contributed by atoms with Crippen LogP contribution in [0.3, 0.4) is 0 Å². The summed E-state index contributed by atoms with van der Waals surface area (Å²) in [5.41, 5.74) is 1.69. The van der Waals surface area contributed by atoms with Crippen LogP contribution in [-0.2, 0) is 20.7 Å². The number of halogens is 1. The Labute approximate surface area is 162 Å². The van der Waals surface area contributed by atoms with Gasteiger partial charge in [-0.3, -0.25) is 4.79 Å². The van der Waals surface area contributed by atoms with Crippen LogP contribution in [0.5, 0.6) is 5.75 Å². The zero-order valence-electron chi connectivity index (χ0n) is 15.0. The molecule has 6 nitrogen and oxygen atoms in total. The van der Waals surface area contributed by atoms with Crippen LogP contribution >= 0.6 is 11.6 Å². The van der Waals surface area contributed by atoms with Crippen molar-refractivity contribution in [1.82, 2.24) is 0 Å². The Bertz CT molecular complexity index is 877. The number of hydrogen-bond acceptors (Lipinski definition) is 5. The van der Waals surface area contributed by atoms with Crippen molar-refractivity contribution in [3.63, 3.8) is 0 Å². The minimum atomic E-state index is -1.02. The third kappa shape index (κ3) is 5.73. The lowest BCUT2D eigenvalue weighted by atomic mass is 10.1. The van der Waals surface area contributed by atoms with Gasteiger partial charge in [-0.2, -0.15) is 5.26 Å². The van der Waals surface area contributed by atoms with Crippen LogP contribution in [0.15, 0.2) is 42.5 Å².